The Labute approximate surface area is 123 Å². The van der Waals surface area contributed by atoms with E-state index in [1.807, 2.05) is 6.92 Å². The zero-order valence-electron chi connectivity index (χ0n) is 11.5. The van der Waals surface area contributed by atoms with Gasteiger partial charge < -0.3 is 5.73 Å². The molecule has 0 fully saturated rings. The van der Waals surface area contributed by atoms with Gasteiger partial charge in [0, 0.05) is 12.7 Å². The second-order valence-electron chi connectivity index (χ2n) is 4.43. The summed E-state index contributed by atoms with van der Waals surface area (Å²) in [6.45, 7) is 2.02. The number of nitrogen functional groups attached to an aromatic ring is 1. The maximum absolute atomic E-state index is 13.8. The Morgan fingerprint density at radius 3 is 2.57 bits per heavy atom. The highest BCUT2D eigenvalue weighted by Gasteiger charge is 2.29. The van der Waals surface area contributed by atoms with Crippen LogP contribution in [0.15, 0.2) is 47.6 Å². The average molecular weight is 309 g/mol. The van der Waals surface area contributed by atoms with Gasteiger partial charge in [-0.1, -0.05) is 19.1 Å². The van der Waals surface area contributed by atoms with E-state index >= 15 is 0 Å². The van der Waals surface area contributed by atoms with Crippen molar-refractivity contribution < 1.29 is 12.8 Å². The predicted molar refractivity (Wildman–Crippen MR) is 79.9 cm³/mol. The molecular formula is C14H16FN3O2S. The molecule has 1 aromatic carbocycles. The number of hydrogen-bond acceptors (Lipinski definition) is 4. The summed E-state index contributed by atoms with van der Waals surface area (Å²) in [5.74, 6) is -0.881. The molecule has 0 aliphatic carbocycles. The summed E-state index contributed by atoms with van der Waals surface area (Å²) in [6.07, 6.45) is 1.80. The van der Waals surface area contributed by atoms with Crippen LogP contribution in [0.2, 0.25) is 0 Å². The van der Waals surface area contributed by atoms with Crippen LogP contribution in [0.1, 0.15) is 13.3 Å². The Morgan fingerprint density at radius 1 is 1.24 bits per heavy atom. The molecular weight excluding hydrogens is 293 g/mol. The maximum Gasteiger partial charge on any atom is 0.284 e. The highest BCUT2D eigenvalue weighted by Crippen LogP contribution is 2.28. The molecule has 0 bridgehead atoms. The fourth-order valence-corrected chi connectivity index (χ4v) is 3.52. The average Bonchev–Trinajstić information content (AvgIpc) is 2.46. The first-order chi connectivity index (χ1) is 9.98. The van der Waals surface area contributed by atoms with Crippen LogP contribution in [0.25, 0.3) is 0 Å². The molecule has 0 spiro atoms. The quantitative estimate of drug-likeness (QED) is 0.861. The predicted octanol–water partition coefficient (Wildman–Crippen LogP) is 2.41. The molecule has 0 aliphatic rings. The molecule has 1 aromatic heterocycles. The monoisotopic (exact) mass is 309 g/mol. The first-order valence-electron chi connectivity index (χ1n) is 6.46. The smallest absolute Gasteiger partial charge is 0.284 e. The van der Waals surface area contributed by atoms with Crippen LogP contribution in [0.4, 0.5) is 15.8 Å². The third kappa shape index (κ3) is 2.97. The zero-order chi connectivity index (χ0) is 15.5. The minimum Gasteiger partial charge on any atom is -0.397 e. The topological polar surface area (TPSA) is 76.3 Å². The molecule has 7 heteroatoms. The van der Waals surface area contributed by atoms with Gasteiger partial charge in [-0.05, 0) is 30.7 Å². The molecule has 0 atom stereocenters. The van der Waals surface area contributed by atoms with E-state index < -0.39 is 20.9 Å². The summed E-state index contributed by atoms with van der Waals surface area (Å²) in [7, 11) is -4.10. The Morgan fingerprint density at radius 2 is 1.95 bits per heavy atom. The van der Waals surface area contributed by atoms with Gasteiger partial charge in [0.2, 0.25) is 5.03 Å². The van der Waals surface area contributed by atoms with Gasteiger partial charge in [0.25, 0.3) is 10.0 Å². The molecule has 0 aliphatic heterocycles. The molecule has 112 valence electrons. The molecule has 0 radical (unpaired) electrons. The van der Waals surface area contributed by atoms with Crippen molar-refractivity contribution in [2.45, 2.75) is 18.4 Å². The van der Waals surface area contributed by atoms with Crippen LogP contribution >= 0.6 is 0 Å². The molecule has 1 heterocycles. The molecule has 2 N–H and O–H groups in total. The fourth-order valence-electron chi connectivity index (χ4n) is 1.95. The molecule has 0 unspecified atom stereocenters. The number of hydrogen-bond donors (Lipinski definition) is 1. The molecule has 0 saturated carbocycles. The van der Waals surface area contributed by atoms with E-state index in [0.717, 1.165) is 10.4 Å². The number of halogens is 1. The Hall–Kier alpha value is -2.15. The van der Waals surface area contributed by atoms with E-state index in [9.17, 15) is 12.8 Å². The lowest BCUT2D eigenvalue weighted by atomic mass is 10.2. The number of sulfonamides is 1. The largest absolute Gasteiger partial charge is 0.397 e. The van der Waals surface area contributed by atoms with Crippen molar-refractivity contribution in [2.24, 2.45) is 0 Å². The molecule has 2 rings (SSSR count). The molecule has 0 saturated heterocycles. The van der Waals surface area contributed by atoms with E-state index in [0.29, 0.717) is 17.8 Å². The number of nitrogens with zero attached hydrogens (tertiary/aromatic N) is 2. The summed E-state index contributed by atoms with van der Waals surface area (Å²) < 4.78 is 40.2. The van der Waals surface area contributed by atoms with Gasteiger partial charge in [0.1, 0.15) is 0 Å². The highest BCUT2D eigenvalue weighted by molar-refractivity contribution is 7.92. The summed E-state index contributed by atoms with van der Waals surface area (Å²) in [6, 6.07) is 8.98. The van der Waals surface area contributed by atoms with Gasteiger partial charge in [-0.25, -0.2) is 9.37 Å². The van der Waals surface area contributed by atoms with Crippen LogP contribution in [0, 0.1) is 5.82 Å². The Balaban J connectivity index is 2.58. The van der Waals surface area contributed by atoms with Crippen LogP contribution in [0.5, 0.6) is 0 Å². The third-order valence-electron chi connectivity index (χ3n) is 2.89. The maximum atomic E-state index is 13.8. The Bertz CT molecular complexity index is 735. The van der Waals surface area contributed by atoms with Crippen molar-refractivity contribution in [1.29, 1.82) is 0 Å². The van der Waals surface area contributed by atoms with Gasteiger partial charge in [0.15, 0.2) is 5.82 Å². The van der Waals surface area contributed by atoms with Crippen molar-refractivity contribution in [1.82, 2.24) is 4.98 Å². The highest BCUT2D eigenvalue weighted by atomic mass is 32.2. The van der Waals surface area contributed by atoms with Crippen LogP contribution in [-0.4, -0.2) is 19.9 Å². The number of pyridine rings is 1. The Kier molecular flexibility index (Phi) is 4.42. The van der Waals surface area contributed by atoms with E-state index in [-0.39, 0.29) is 6.54 Å². The normalized spacial score (nSPS) is 11.3. The fraction of sp³-hybridized carbons (Fsp3) is 0.214. The number of rotatable bonds is 5. The molecule has 0 amide bonds. The van der Waals surface area contributed by atoms with E-state index in [4.69, 9.17) is 5.73 Å². The van der Waals surface area contributed by atoms with Crippen LogP contribution < -0.4 is 10.0 Å². The van der Waals surface area contributed by atoms with E-state index in [2.05, 4.69) is 4.98 Å². The van der Waals surface area contributed by atoms with Crippen molar-refractivity contribution >= 4 is 21.4 Å². The summed E-state index contributed by atoms with van der Waals surface area (Å²) in [5, 5.41) is -0.596. The molecule has 21 heavy (non-hydrogen) atoms. The summed E-state index contributed by atoms with van der Waals surface area (Å²) in [4.78, 5) is 3.66. The van der Waals surface area contributed by atoms with E-state index in [1.54, 1.807) is 24.3 Å². The lowest BCUT2D eigenvalue weighted by molar-refractivity contribution is 0.550. The summed E-state index contributed by atoms with van der Waals surface area (Å²) in [5.41, 5.74) is 6.48. The minimum atomic E-state index is -4.10. The SMILES string of the molecule is CCCN(c1ccccc1N)S(=O)(=O)c1ncccc1F. The van der Waals surface area contributed by atoms with Gasteiger partial charge in [0.05, 0.1) is 11.4 Å². The molecule has 2 aromatic rings. The van der Waals surface area contributed by atoms with Crippen molar-refractivity contribution in [3.8, 4) is 0 Å². The van der Waals surface area contributed by atoms with Crippen molar-refractivity contribution in [3.63, 3.8) is 0 Å². The van der Waals surface area contributed by atoms with E-state index in [1.165, 1.54) is 12.3 Å². The number of anilines is 2. The van der Waals surface area contributed by atoms with Crippen molar-refractivity contribution in [2.75, 3.05) is 16.6 Å². The first kappa shape index (κ1) is 15.2. The number of aromatic nitrogens is 1. The molecule has 5 nitrogen and oxygen atoms in total. The second kappa shape index (κ2) is 6.09. The van der Waals surface area contributed by atoms with Gasteiger partial charge >= 0.3 is 0 Å². The van der Waals surface area contributed by atoms with Gasteiger partial charge in [-0.3, -0.25) is 4.31 Å². The lowest BCUT2D eigenvalue weighted by Crippen LogP contribution is -2.33. The van der Waals surface area contributed by atoms with Gasteiger partial charge in [-0.15, -0.1) is 0 Å². The second-order valence-corrected chi connectivity index (χ2v) is 6.20. The number of nitrogens with two attached hydrogens (primary N) is 1. The van der Waals surface area contributed by atoms with Crippen LogP contribution in [-0.2, 0) is 10.0 Å². The zero-order valence-corrected chi connectivity index (χ0v) is 12.3. The van der Waals surface area contributed by atoms with Crippen molar-refractivity contribution in [3.05, 3.63) is 48.4 Å². The standard InChI is InChI=1S/C14H16FN3O2S/c1-2-10-18(13-8-4-3-7-12(13)16)21(19,20)14-11(15)6-5-9-17-14/h3-9H,2,10,16H2,1H3. The third-order valence-corrected chi connectivity index (χ3v) is 4.64. The minimum absolute atomic E-state index is 0.187. The van der Waals surface area contributed by atoms with Gasteiger partial charge in [-0.2, -0.15) is 8.42 Å². The first-order valence-corrected chi connectivity index (χ1v) is 7.90. The van der Waals surface area contributed by atoms with Crippen LogP contribution in [0.3, 0.4) is 0 Å². The number of benzene rings is 1. The number of para-hydroxylation sites is 2. The summed E-state index contributed by atoms with van der Waals surface area (Å²) >= 11 is 0. The lowest BCUT2D eigenvalue weighted by Gasteiger charge is -2.24.